The Balaban J connectivity index is 1.46. The molecule has 4 rings (SSSR count). The van der Waals surface area contributed by atoms with E-state index in [1.54, 1.807) is 18.5 Å². The van der Waals surface area contributed by atoms with Crippen LogP contribution in [0.25, 0.3) is 11.3 Å². The maximum Gasteiger partial charge on any atom is 0.243 e. The zero-order valence-corrected chi connectivity index (χ0v) is 18.8. The van der Waals surface area contributed by atoms with Crippen LogP contribution in [0, 0.1) is 6.92 Å². The summed E-state index contributed by atoms with van der Waals surface area (Å²) in [4.78, 5) is 22.3. The number of sulfonamides is 1. The summed E-state index contributed by atoms with van der Waals surface area (Å²) in [5, 5.41) is 2.64. The SMILES string of the molecule is CC(=O)Nc1ccc(S(=O)(=O)N2CCN(c3cc(-c4ccccc4C)ncn3)CC2)cc1. The molecule has 1 aromatic heterocycles. The van der Waals surface area contributed by atoms with Crippen molar-refractivity contribution in [3.05, 3.63) is 66.5 Å². The quantitative estimate of drug-likeness (QED) is 0.641. The van der Waals surface area contributed by atoms with Gasteiger partial charge in [0.1, 0.15) is 12.1 Å². The number of hydrogen-bond acceptors (Lipinski definition) is 6. The summed E-state index contributed by atoms with van der Waals surface area (Å²) >= 11 is 0. The van der Waals surface area contributed by atoms with Crippen LogP contribution < -0.4 is 10.2 Å². The first-order valence-corrected chi connectivity index (χ1v) is 11.8. The van der Waals surface area contributed by atoms with Crippen molar-refractivity contribution in [1.29, 1.82) is 0 Å². The van der Waals surface area contributed by atoms with Gasteiger partial charge in [0.2, 0.25) is 15.9 Å². The third-order valence-electron chi connectivity index (χ3n) is 5.45. The largest absolute Gasteiger partial charge is 0.354 e. The van der Waals surface area contributed by atoms with E-state index in [0.717, 1.165) is 22.6 Å². The van der Waals surface area contributed by atoms with Gasteiger partial charge in [-0.25, -0.2) is 18.4 Å². The molecule has 1 fully saturated rings. The number of amides is 1. The average molecular weight is 452 g/mol. The Hall–Kier alpha value is -3.30. The van der Waals surface area contributed by atoms with Gasteiger partial charge in [0, 0.05) is 50.4 Å². The van der Waals surface area contributed by atoms with E-state index >= 15 is 0 Å². The van der Waals surface area contributed by atoms with Gasteiger partial charge in [0.05, 0.1) is 10.6 Å². The maximum atomic E-state index is 13.0. The number of carbonyl (C=O) groups excluding carboxylic acids is 1. The van der Waals surface area contributed by atoms with Crippen molar-refractivity contribution in [3.8, 4) is 11.3 Å². The molecule has 0 saturated carbocycles. The summed E-state index contributed by atoms with van der Waals surface area (Å²) in [6, 6.07) is 16.2. The Labute approximate surface area is 188 Å². The average Bonchev–Trinajstić information content (AvgIpc) is 2.79. The number of aryl methyl sites for hydroxylation is 1. The van der Waals surface area contributed by atoms with Gasteiger partial charge in [-0.3, -0.25) is 4.79 Å². The van der Waals surface area contributed by atoms with Gasteiger partial charge in [-0.2, -0.15) is 4.31 Å². The number of benzene rings is 2. The lowest BCUT2D eigenvalue weighted by Crippen LogP contribution is -2.48. The van der Waals surface area contributed by atoms with Crippen molar-refractivity contribution in [2.24, 2.45) is 0 Å². The molecule has 9 heteroatoms. The van der Waals surface area contributed by atoms with Gasteiger partial charge in [-0.15, -0.1) is 0 Å². The van der Waals surface area contributed by atoms with Crippen LogP contribution in [0.15, 0.2) is 65.8 Å². The highest BCUT2D eigenvalue weighted by Crippen LogP contribution is 2.25. The van der Waals surface area contributed by atoms with Gasteiger partial charge in [-0.1, -0.05) is 24.3 Å². The van der Waals surface area contributed by atoms with E-state index in [9.17, 15) is 13.2 Å². The van der Waals surface area contributed by atoms with Crippen molar-refractivity contribution >= 4 is 27.4 Å². The molecule has 1 aliphatic rings. The van der Waals surface area contributed by atoms with Crippen molar-refractivity contribution in [2.45, 2.75) is 18.7 Å². The van der Waals surface area contributed by atoms with Crippen LogP contribution in [-0.4, -0.2) is 54.8 Å². The molecule has 32 heavy (non-hydrogen) atoms. The van der Waals surface area contributed by atoms with E-state index in [1.165, 1.54) is 23.4 Å². The molecule has 1 saturated heterocycles. The standard InChI is InChI=1S/C23H25N5O3S/c1-17-5-3-4-6-21(17)22-15-23(25-16-24-22)27-11-13-28(14-12-27)32(30,31)20-9-7-19(8-10-20)26-18(2)29/h3-10,15-16H,11-14H2,1-2H3,(H,26,29). The van der Waals surface area contributed by atoms with Crippen LogP contribution in [0.5, 0.6) is 0 Å². The van der Waals surface area contributed by atoms with Crippen molar-refractivity contribution < 1.29 is 13.2 Å². The molecule has 2 heterocycles. The Morgan fingerprint density at radius 3 is 2.31 bits per heavy atom. The molecule has 0 radical (unpaired) electrons. The molecule has 1 amide bonds. The minimum absolute atomic E-state index is 0.202. The first kappa shape index (κ1) is 21.9. The predicted octanol–water partition coefficient (Wildman–Crippen LogP) is 2.92. The second-order valence-electron chi connectivity index (χ2n) is 7.67. The van der Waals surface area contributed by atoms with Crippen LogP contribution in [0.1, 0.15) is 12.5 Å². The van der Waals surface area contributed by atoms with Crippen LogP contribution >= 0.6 is 0 Å². The fourth-order valence-electron chi connectivity index (χ4n) is 3.75. The first-order chi connectivity index (χ1) is 15.3. The topological polar surface area (TPSA) is 95.5 Å². The summed E-state index contributed by atoms with van der Waals surface area (Å²) in [6.45, 7) is 5.25. The summed E-state index contributed by atoms with van der Waals surface area (Å²) in [5.41, 5.74) is 3.61. The van der Waals surface area contributed by atoms with Gasteiger partial charge in [0.25, 0.3) is 0 Å². The molecule has 0 bridgehead atoms. The second kappa shape index (κ2) is 9.05. The highest BCUT2D eigenvalue weighted by atomic mass is 32.2. The molecule has 0 aliphatic carbocycles. The van der Waals surface area contributed by atoms with Crippen LogP contribution in [0.3, 0.4) is 0 Å². The first-order valence-electron chi connectivity index (χ1n) is 10.4. The number of nitrogens with zero attached hydrogens (tertiary/aromatic N) is 4. The summed E-state index contributed by atoms with van der Waals surface area (Å²) < 4.78 is 27.6. The van der Waals surface area contributed by atoms with E-state index in [4.69, 9.17) is 0 Å². The molecule has 8 nitrogen and oxygen atoms in total. The zero-order valence-electron chi connectivity index (χ0n) is 18.0. The third-order valence-corrected chi connectivity index (χ3v) is 7.36. The molecule has 2 aromatic carbocycles. The van der Waals surface area contributed by atoms with Crippen molar-refractivity contribution in [2.75, 3.05) is 36.4 Å². The number of carbonyl (C=O) groups is 1. The molecular weight excluding hydrogens is 426 g/mol. The highest BCUT2D eigenvalue weighted by molar-refractivity contribution is 7.89. The maximum absolute atomic E-state index is 13.0. The van der Waals surface area contributed by atoms with Gasteiger partial charge in [-0.05, 0) is 36.8 Å². The van der Waals surface area contributed by atoms with E-state index in [1.807, 2.05) is 37.3 Å². The normalized spacial score (nSPS) is 14.9. The van der Waals surface area contributed by atoms with E-state index in [-0.39, 0.29) is 10.8 Å². The van der Waals surface area contributed by atoms with Crippen molar-refractivity contribution in [1.82, 2.24) is 14.3 Å². The molecule has 3 aromatic rings. The summed E-state index contributed by atoms with van der Waals surface area (Å²) in [6.07, 6.45) is 1.55. The minimum atomic E-state index is -3.61. The van der Waals surface area contributed by atoms with Crippen LogP contribution in [0.4, 0.5) is 11.5 Å². The van der Waals surface area contributed by atoms with Gasteiger partial charge >= 0.3 is 0 Å². The van der Waals surface area contributed by atoms with E-state index in [0.29, 0.717) is 31.9 Å². The summed E-state index contributed by atoms with van der Waals surface area (Å²) in [7, 11) is -3.61. The number of aromatic nitrogens is 2. The lowest BCUT2D eigenvalue weighted by atomic mass is 10.1. The predicted molar refractivity (Wildman–Crippen MR) is 124 cm³/mol. The third kappa shape index (κ3) is 4.63. The van der Waals surface area contributed by atoms with Crippen molar-refractivity contribution in [3.63, 3.8) is 0 Å². The van der Waals surface area contributed by atoms with Crippen LogP contribution in [-0.2, 0) is 14.8 Å². The van der Waals surface area contributed by atoms with E-state index < -0.39 is 10.0 Å². The molecule has 1 aliphatic heterocycles. The lowest BCUT2D eigenvalue weighted by molar-refractivity contribution is -0.114. The molecular formula is C23H25N5O3S. The number of hydrogen-bond donors (Lipinski definition) is 1. The van der Waals surface area contributed by atoms with Gasteiger partial charge in [0.15, 0.2) is 0 Å². The number of nitrogens with one attached hydrogen (secondary N) is 1. The highest BCUT2D eigenvalue weighted by Gasteiger charge is 2.29. The van der Waals surface area contributed by atoms with Gasteiger partial charge < -0.3 is 10.2 Å². The summed E-state index contributed by atoms with van der Waals surface area (Å²) in [5.74, 6) is 0.585. The molecule has 0 unspecified atom stereocenters. The molecule has 166 valence electrons. The number of rotatable bonds is 5. The van der Waals surface area contributed by atoms with E-state index in [2.05, 4.69) is 20.2 Å². The Kier molecular flexibility index (Phi) is 6.20. The molecule has 0 atom stereocenters. The zero-order chi connectivity index (χ0) is 22.7. The monoisotopic (exact) mass is 451 g/mol. The minimum Gasteiger partial charge on any atom is -0.354 e. The second-order valence-corrected chi connectivity index (χ2v) is 9.61. The lowest BCUT2D eigenvalue weighted by Gasteiger charge is -2.34. The number of piperazine rings is 1. The molecule has 1 N–H and O–H groups in total. The smallest absolute Gasteiger partial charge is 0.243 e. The fraction of sp³-hybridized carbons (Fsp3) is 0.261. The van der Waals surface area contributed by atoms with Crippen LogP contribution in [0.2, 0.25) is 0 Å². The number of anilines is 2. The Morgan fingerprint density at radius 2 is 1.66 bits per heavy atom. The Morgan fingerprint density at radius 1 is 0.969 bits per heavy atom. The molecule has 0 spiro atoms. The Bertz CT molecular complexity index is 1220. The fourth-order valence-corrected chi connectivity index (χ4v) is 5.17.